The molecule has 0 radical (unpaired) electrons. The highest BCUT2D eigenvalue weighted by Crippen LogP contribution is 2.42. The summed E-state index contributed by atoms with van der Waals surface area (Å²) in [5, 5.41) is 3.20. The summed E-state index contributed by atoms with van der Waals surface area (Å²) >= 11 is 0. The second-order valence-corrected chi connectivity index (χ2v) is 5.56. The first-order valence-electron chi connectivity index (χ1n) is 6.69. The molecule has 3 nitrogen and oxygen atoms in total. The Hall–Kier alpha value is -1.35. The van der Waals surface area contributed by atoms with Crippen molar-refractivity contribution >= 4 is 5.91 Å². The quantitative estimate of drug-likeness (QED) is 0.824. The first kappa shape index (κ1) is 11.7. The Balaban J connectivity index is 2.00. The van der Waals surface area contributed by atoms with Gasteiger partial charge in [0.1, 0.15) is 6.61 Å². The molecule has 3 unspecified atom stereocenters. The van der Waals surface area contributed by atoms with E-state index in [1.807, 2.05) is 18.2 Å². The number of nitrogens with one attached hydrogen (secondary N) is 1. The van der Waals surface area contributed by atoms with Crippen molar-refractivity contribution in [3.05, 3.63) is 35.9 Å². The van der Waals surface area contributed by atoms with Crippen LogP contribution in [0.15, 0.2) is 30.3 Å². The van der Waals surface area contributed by atoms with Gasteiger partial charge in [-0.2, -0.15) is 0 Å². The molecular formula is C15H19NO2. The van der Waals surface area contributed by atoms with Gasteiger partial charge >= 0.3 is 0 Å². The highest BCUT2D eigenvalue weighted by atomic mass is 16.5. The summed E-state index contributed by atoms with van der Waals surface area (Å²) in [5.41, 5.74) is 0.873. The van der Waals surface area contributed by atoms with Gasteiger partial charge in [0.15, 0.2) is 0 Å². The van der Waals surface area contributed by atoms with E-state index in [-0.39, 0.29) is 24.2 Å². The number of morpholine rings is 1. The minimum absolute atomic E-state index is 0.00431. The molecule has 0 aromatic heterocycles. The summed E-state index contributed by atoms with van der Waals surface area (Å²) in [6.45, 7) is 2.46. The zero-order valence-electron chi connectivity index (χ0n) is 10.7. The number of carbonyl (C=O) groups is 1. The van der Waals surface area contributed by atoms with Crippen molar-refractivity contribution in [3.63, 3.8) is 0 Å². The van der Waals surface area contributed by atoms with E-state index in [1.54, 1.807) is 0 Å². The van der Waals surface area contributed by atoms with Crippen LogP contribution in [0.25, 0.3) is 0 Å². The van der Waals surface area contributed by atoms with Crippen LogP contribution in [0.1, 0.15) is 31.7 Å². The lowest BCUT2D eigenvalue weighted by Gasteiger charge is -2.49. The summed E-state index contributed by atoms with van der Waals surface area (Å²) < 4.78 is 5.81. The fraction of sp³-hybridized carbons (Fsp3) is 0.533. The Labute approximate surface area is 108 Å². The first-order valence-corrected chi connectivity index (χ1v) is 6.69. The summed E-state index contributed by atoms with van der Waals surface area (Å²) in [6.07, 6.45) is 3.24. The van der Waals surface area contributed by atoms with Crippen LogP contribution in [0.2, 0.25) is 0 Å². The number of benzene rings is 1. The van der Waals surface area contributed by atoms with Gasteiger partial charge in [-0.1, -0.05) is 37.3 Å². The molecule has 1 amide bonds. The molecule has 1 saturated carbocycles. The normalized spacial score (nSPS) is 35.7. The van der Waals surface area contributed by atoms with E-state index in [9.17, 15) is 4.79 Å². The number of fused-ring (bicyclic) bond motifs is 1. The van der Waals surface area contributed by atoms with E-state index >= 15 is 0 Å². The third kappa shape index (κ3) is 1.83. The number of rotatable bonds is 1. The molecule has 1 heterocycles. The Morgan fingerprint density at radius 2 is 2.11 bits per heavy atom. The molecule has 2 fully saturated rings. The van der Waals surface area contributed by atoms with Gasteiger partial charge in [0, 0.05) is 0 Å². The molecule has 1 aromatic carbocycles. The highest BCUT2D eigenvalue weighted by molar-refractivity contribution is 5.79. The maximum Gasteiger partial charge on any atom is 0.246 e. The van der Waals surface area contributed by atoms with Crippen LogP contribution < -0.4 is 5.32 Å². The molecule has 1 aliphatic carbocycles. The molecule has 1 aromatic rings. The van der Waals surface area contributed by atoms with Gasteiger partial charge in [-0.3, -0.25) is 4.79 Å². The van der Waals surface area contributed by atoms with Gasteiger partial charge in [0.05, 0.1) is 11.6 Å². The first-order chi connectivity index (χ1) is 8.71. The van der Waals surface area contributed by atoms with E-state index in [0.717, 1.165) is 19.3 Å². The summed E-state index contributed by atoms with van der Waals surface area (Å²) in [6, 6.07) is 10.3. The van der Waals surface area contributed by atoms with Crippen molar-refractivity contribution in [2.75, 3.05) is 6.61 Å². The van der Waals surface area contributed by atoms with Gasteiger partial charge in [-0.15, -0.1) is 0 Å². The van der Waals surface area contributed by atoms with Crippen LogP contribution in [-0.4, -0.2) is 18.6 Å². The predicted octanol–water partition coefficient (Wildman–Crippen LogP) is 2.22. The fourth-order valence-electron chi connectivity index (χ4n) is 3.27. The van der Waals surface area contributed by atoms with E-state index < -0.39 is 0 Å². The van der Waals surface area contributed by atoms with Crippen molar-refractivity contribution in [2.24, 2.45) is 5.92 Å². The molecular weight excluding hydrogens is 226 g/mol. The number of ether oxygens (including phenoxy) is 1. The minimum atomic E-state index is -0.302. The lowest BCUT2D eigenvalue weighted by Crippen LogP contribution is -2.62. The Morgan fingerprint density at radius 3 is 2.89 bits per heavy atom. The second-order valence-electron chi connectivity index (χ2n) is 5.56. The predicted molar refractivity (Wildman–Crippen MR) is 69.0 cm³/mol. The van der Waals surface area contributed by atoms with Crippen molar-refractivity contribution in [1.82, 2.24) is 5.32 Å². The average molecular weight is 245 g/mol. The molecule has 3 atom stereocenters. The monoisotopic (exact) mass is 245 g/mol. The maximum absolute atomic E-state index is 11.7. The summed E-state index contributed by atoms with van der Waals surface area (Å²) in [4.78, 5) is 11.7. The van der Waals surface area contributed by atoms with Crippen LogP contribution in [0.5, 0.6) is 0 Å². The maximum atomic E-state index is 11.7. The Morgan fingerprint density at radius 1 is 1.33 bits per heavy atom. The molecule has 2 aliphatic rings. The molecule has 18 heavy (non-hydrogen) atoms. The lowest BCUT2D eigenvalue weighted by molar-refractivity contribution is -0.150. The van der Waals surface area contributed by atoms with Crippen molar-refractivity contribution in [1.29, 1.82) is 0 Å². The Bertz CT molecular complexity index is 445. The van der Waals surface area contributed by atoms with Crippen LogP contribution in [0.3, 0.4) is 0 Å². The smallest absolute Gasteiger partial charge is 0.246 e. The number of hydrogen-bond acceptors (Lipinski definition) is 2. The van der Waals surface area contributed by atoms with Gasteiger partial charge in [-0.25, -0.2) is 0 Å². The van der Waals surface area contributed by atoms with E-state index in [4.69, 9.17) is 4.74 Å². The fourth-order valence-corrected chi connectivity index (χ4v) is 3.27. The number of amides is 1. The third-order valence-electron chi connectivity index (χ3n) is 4.26. The molecule has 3 heteroatoms. The largest absolute Gasteiger partial charge is 0.366 e. The van der Waals surface area contributed by atoms with Crippen LogP contribution in [0.4, 0.5) is 0 Å². The summed E-state index contributed by atoms with van der Waals surface area (Å²) in [7, 11) is 0. The SMILES string of the molecule is CC1CCC2(c3ccccc3)NC(=O)COC2C1. The topological polar surface area (TPSA) is 38.3 Å². The zero-order valence-corrected chi connectivity index (χ0v) is 10.7. The van der Waals surface area contributed by atoms with Crippen LogP contribution in [-0.2, 0) is 15.1 Å². The lowest BCUT2D eigenvalue weighted by atomic mass is 9.70. The Kier molecular flexibility index (Phi) is 2.86. The highest BCUT2D eigenvalue weighted by Gasteiger charge is 2.48. The molecule has 1 N–H and O–H groups in total. The van der Waals surface area contributed by atoms with E-state index in [2.05, 4.69) is 24.4 Å². The molecule has 3 rings (SSSR count). The number of carbonyl (C=O) groups excluding carboxylic acids is 1. The minimum Gasteiger partial charge on any atom is -0.366 e. The number of hydrogen-bond donors (Lipinski definition) is 1. The molecule has 96 valence electrons. The third-order valence-corrected chi connectivity index (χ3v) is 4.26. The van der Waals surface area contributed by atoms with Gasteiger partial charge in [0.25, 0.3) is 0 Å². The molecule has 0 spiro atoms. The van der Waals surface area contributed by atoms with E-state index in [1.165, 1.54) is 5.56 Å². The van der Waals surface area contributed by atoms with Crippen molar-refractivity contribution in [2.45, 2.75) is 37.8 Å². The van der Waals surface area contributed by atoms with Gasteiger partial charge in [0.2, 0.25) is 5.91 Å². The van der Waals surface area contributed by atoms with Crippen molar-refractivity contribution < 1.29 is 9.53 Å². The zero-order chi connectivity index (χ0) is 12.6. The van der Waals surface area contributed by atoms with Crippen LogP contribution >= 0.6 is 0 Å². The average Bonchev–Trinajstić information content (AvgIpc) is 2.40. The van der Waals surface area contributed by atoms with Gasteiger partial charge in [-0.05, 0) is 30.7 Å². The van der Waals surface area contributed by atoms with Gasteiger partial charge < -0.3 is 10.1 Å². The van der Waals surface area contributed by atoms with Crippen LogP contribution in [0, 0.1) is 5.92 Å². The standard InChI is InChI=1S/C15H19NO2/c1-11-7-8-15(12-5-3-2-4-6-12)13(9-11)18-10-14(17)16-15/h2-6,11,13H,7-10H2,1H3,(H,16,17). The molecule has 1 saturated heterocycles. The second kappa shape index (κ2) is 4.39. The summed E-state index contributed by atoms with van der Waals surface area (Å²) in [5.74, 6) is 0.673. The molecule has 1 aliphatic heterocycles. The molecule has 0 bridgehead atoms. The van der Waals surface area contributed by atoms with Crippen molar-refractivity contribution in [3.8, 4) is 0 Å². The van der Waals surface area contributed by atoms with E-state index in [0.29, 0.717) is 5.92 Å².